The molecule has 1 aromatic rings. The van der Waals surface area contributed by atoms with Crippen LogP contribution < -0.4 is 5.32 Å². The summed E-state index contributed by atoms with van der Waals surface area (Å²) in [7, 11) is 0. The van der Waals surface area contributed by atoms with Crippen LogP contribution in [0.25, 0.3) is 0 Å². The Morgan fingerprint density at radius 2 is 2.00 bits per heavy atom. The van der Waals surface area contributed by atoms with Gasteiger partial charge < -0.3 is 19.7 Å². The number of carbonyl (C=O) groups excluding carboxylic acids is 2. The number of carbonyl (C=O) groups is 2. The van der Waals surface area contributed by atoms with Gasteiger partial charge in [-0.25, -0.2) is 0 Å². The van der Waals surface area contributed by atoms with Crippen molar-refractivity contribution >= 4 is 11.8 Å². The predicted octanol–water partition coefficient (Wildman–Crippen LogP) is 3.10. The first-order valence-corrected chi connectivity index (χ1v) is 12.2. The van der Waals surface area contributed by atoms with E-state index in [1.807, 2.05) is 13.0 Å². The number of nitrogens with zero attached hydrogens (tertiary/aromatic N) is 1. The molecule has 32 heavy (non-hydrogen) atoms. The molecule has 172 valence electrons. The van der Waals surface area contributed by atoms with Crippen LogP contribution in [0.3, 0.4) is 0 Å². The summed E-state index contributed by atoms with van der Waals surface area (Å²) >= 11 is 0. The van der Waals surface area contributed by atoms with E-state index in [2.05, 4.69) is 42.6 Å². The van der Waals surface area contributed by atoms with E-state index >= 15 is 0 Å². The highest BCUT2D eigenvalue weighted by Gasteiger charge is 2.71. The molecule has 1 aliphatic carbocycles. The summed E-state index contributed by atoms with van der Waals surface area (Å²) in [6, 6.07) is 7.95. The highest BCUT2D eigenvalue weighted by molar-refractivity contribution is 5.97. The second kappa shape index (κ2) is 8.64. The van der Waals surface area contributed by atoms with E-state index in [1.54, 1.807) is 4.90 Å². The minimum Gasteiger partial charge on any atom is -0.382 e. The fraction of sp³-hybridized carbons (Fsp3) is 0.615. The standard InChI is InChI=1S/C26H34N2O4/c1-3-31-16-6-15-28-23(24(29)27-19-7-4-5-8-19)26-14-13-20(32-26)21(22(26)25(28)30)18-11-9-17(2)10-12-18/h9-14,19-23H,3-8,15-16H2,1-2H3,(H,27,29)/t20-,21+,22-,23+,26-/m1/s1. The van der Waals surface area contributed by atoms with Crippen molar-refractivity contribution in [1.29, 1.82) is 0 Å². The van der Waals surface area contributed by atoms with Crippen molar-refractivity contribution in [2.75, 3.05) is 19.8 Å². The van der Waals surface area contributed by atoms with E-state index in [-0.39, 0.29) is 35.8 Å². The third kappa shape index (κ3) is 3.48. The van der Waals surface area contributed by atoms with Crippen LogP contribution in [0.15, 0.2) is 36.4 Å². The lowest BCUT2D eigenvalue weighted by Gasteiger charge is -2.33. The molecule has 5 atom stereocenters. The molecule has 0 radical (unpaired) electrons. The van der Waals surface area contributed by atoms with E-state index in [0.717, 1.165) is 31.2 Å². The molecule has 0 aromatic heterocycles. The maximum absolute atomic E-state index is 13.8. The minimum absolute atomic E-state index is 0.0329. The van der Waals surface area contributed by atoms with Gasteiger partial charge in [-0.1, -0.05) is 54.8 Å². The van der Waals surface area contributed by atoms with Crippen molar-refractivity contribution in [3.8, 4) is 0 Å². The molecule has 6 nitrogen and oxygen atoms in total. The fourth-order valence-electron chi connectivity index (χ4n) is 6.21. The Kier molecular flexibility index (Phi) is 5.84. The zero-order valence-corrected chi connectivity index (χ0v) is 19.1. The number of nitrogens with one attached hydrogen (secondary N) is 1. The second-order valence-corrected chi connectivity index (χ2v) is 9.68. The number of hydrogen-bond acceptors (Lipinski definition) is 4. The van der Waals surface area contributed by atoms with E-state index in [9.17, 15) is 9.59 Å². The quantitative estimate of drug-likeness (QED) is 0.500. The molecule has 1 saturated carbocycles. The maximum Gasteiger partial charge on any atom is 0.246 e. The van der Waals surface area contributed by atoms with Crippen molar-refractivity contribution in [3.05, 3.63) is 47.5 Å². The first-order valence-electron chi connectivity index (χ1n) is 12.2. The van der Waals surface area contributed by atoms with Crippen LogP contribution >= 0.6 is 0 Å². The number of likely N-dealkylation sites (tertiary alicyclic amines) is 1. The lowest BCUT2D eigenvalue weighted by Crippen LogP contribution is -2.56. The minimum atomic E-state index is -0.883. The van der Waals surface area contributed by atoms with Crippen LogP contribution in [-0.4, -0.2) is 60.3 Å². The van der Waals surface area contributed by atoms with Gasteiger partial charge in [-0.2, -0.15) is 0 Å². The Morgan fingerprint density at radius 3 is 2.72 bits per heavy atom. The monoisotopic (exact) mass is 438 g/mol. The van der Waals surface area contributed by atoms with E-state index in [1.165, 1.54) is 5.56 Å². The first-order chi connectivity index (χ1) is 15.5. The summed E-state index contributed by atoms with van der Waals surface area (Å²) in [5.41, 5.74) is 1.41. The Hall–Kier alpha value is -2.18. The van der Waals surface area contributed by atoms with Crippen molar-refractivity contribution in [2.24, 2.45) is 5.92 Å². The lowest BCUT2D eigenvalue weighted by molar-refractivity contribution is -0.139. The summed E-state index contributed by atoms with van der Waals surface area (Å²) in [4.78, 5) is 29.2. The number of hydrogen-bond donors (Lipinski definition) is 1. The van der Waals surface area contributed by atoms with Crippen LogP contribution in [0.1, 0.15) is 56.1 Å². The van der Waals surface area contributed by atoms with Gasteiger partial charge in [0.25, 0.3) is 0 Å². The van der Waals surface area contributed by atoms with Gasteiger partial charge in [0.2, 0.25) is 11.8 Å². The summed E-state index contributed by atoms with van der Waals surface area (Å²) in [5.74, 6) is -0.470. The average Bonchev–Trinajstić information content (AvgIpc) is 3.55. The first kappa shape index (κ1) is 21.7. The maximum atomic E-state index is 13.8. The molecular weight excluding hydrogens is 404 g/mol. The van der Waals surface area contributed by atoms with Gasteiger partial charge in [-0.05, 0) is 38.7 Å². The molecule has 0 unspecified atom stereocenters. The van der Waals surface area contributed by atoms with Crippen molar-refractivity contribution < 1.29 is 19.1 Å². The van der Waals surface area contributed by atoms with Crippen LogP contribution in [0.4, 0.5) is 0 Å². The lowest BCUT2D eigenvalue weighted by atomic mass is 9.72. The molecule has 2 bridgehead atoms. The molecule has 5 rings (SSSR count). The van der Waals surface area contributed by atoms with Crippen LogP contribution in [0.2, 0.25) is 0 Å². The van der Waals surface area contributed by atoms with Crippen LogP contribution in [0.5, 0.6) is 0 Å². The number of rotatable bonds is 8. The van der Waals surface area contributed by atoms with Crippen LogP contribution in [0, 0.1) is 12.8 Å². The van der Waals surface area contributed by atoms with Gasteiger partial charge in [-0.15, -0.1) is 0 Å². The third-order valence-electron chi connectivity index (χ3n) is 7.68. The Balaban J connectivity index is 1.46. The molecule has 2 amide bonds. The SMILES string of the molecule is CCOCCCN1C(=O)[C@H]2[C@@H](c3ccc(C)cc3)[C@H]3C=C[C@]2(O3)[C@@H]1C(=O)NC1CCCC1. The molecular formula is C26H34N2O4. The fourth-order valence-corrected chi connectivity index (χ4v) is 6.21. The van der Waals surface area contributed by atoms with Crippen molar-refractivity contribution in [1.82, 2.24) is 10.2 Å². The second-order valence-electron chi connectivity index (χ2n) is 9.68. The topological polar surface area (TPSA) is 67.9 Å². The van der Waals surface area contributed by atoms with Gasteiger partial charge >= 0.3 is 0 Å². The Morgan fingerprint density at radius 1 is 1.25 bits per heavy atom. The van der Waals surface area contributed by atoms with Gasteiger partial charge in [0.1, 0.15) is 11.6 Å². The zero-order chi connectivity index (χ0) is 22.3. The van der Waals surface area contributed by atoms with Crippen molar-refractivity contribution in [2.45, 2.75) is 75.7 Å². The molecule has 3 aliphatic heterocycles. The van der Waals surface area contributed by atoms with Gasteiger partial charge in [0.15, 0.2) is 0 Å². The molecule has 1 N–H and O–H groups in total. The molecule has 4 aliphatic rings. The third-order valence-corrected chi connectivity index (χ3v) is 7.68. The number of aryl methyl sites for hydroxylation is 1. The van der Waals surface area contributed by atoms with Crippen LogP contribution in [-0.2, 0) is 19.1 Å². The largest absolute Gasteiger partial charge is 0.382 e. The smallest absolute Gasteiger partial charge is 0.246 e. The van der Waals surface area contributed by atoms with Gasteiger partial charge in [-0.3, -0.25) is 9.59 Å². The summed E-state index contributed by atoms with van der Waals surface area (Å²) in [6.07, 6.45) is 8.93. The zero-order valence-electron chi connectivity index (χ0n) is 19.1. The predicted molar refractivity (Wildman–Crippen MR) is 121 cm³/mol. The summed E-state index contributed by atoms with van der Waals surface area (Å²) in [5, 5.41) is 3.25. The number of fused-ring (bicyclic) bond motifs is 1. The summed E-state index contributed by atoms with van der Waals surface area (Å²) < 4.78 is 12.0. The van der Waals surface area contributed by atoms with Gasteiger partial charge in [0, 0.05) is 31.7 Å². The Bertz CT molecular complexity index is 892. The molecule has 3 heterocycles. The number of amides is 2. The van der Waals surface area contributed by atoms with E-state index in [4.69, 9.17) is 9.47 Å². The molecule has 6 heteroatoms. The number of benzene rings is 1. The molecule has 2 saturated heterocycles. The number of ether oxygens (including phenoxy) is 2. The molecule has 1 spiro atoms. The van der Waals surface area contributed by atoms with Crippen molar-refractivity contribution in [3.63, 3.8) is 0 Å². The van der Waals surface area contributed by atoms with E-state index < -0.39 is 11.6 Å². The van der Waals surface area contributed by atoms with Gasteiger partial charge in [0.05, 0.1) is 12.0 Å². The molecule has 3 fully saturated rings. The summed E-state index contributed by atoms with van der Waals surface area (Å²) in [6.45, 7) is 5.76. The Labute approximate surface area is 190 Å². The normalized spacial score (nSPS) is 33.3. The van der Waals surface area contributed by atoms with E-state index in [0.29, 0.717) is 26.2 Å². The highest BCUT2D eigenvalue weighted by atomic mass is 16.5. The molecule has 1 aromatic carbocycles. The average molecular weight is 439 g/mol. The highest BCUT2D eigenvalue weighted by Crippen LogP contribution is 2.58.